The standard InChI is InChI=1S/C29H28N3O.C13H24O2.Ir/c1-18(2)12-22-14-20-10-11-30-27(28(20)33-22)26-16-25(31-17-32-26)21-13-19-8-6-7-9-23(19)24(15-21)29(3,4)5;1-5-10(6-2)12(14)9-13(15)11(7-3)8-4;/h6-11,14-18H,12H2,1-5H3;9-11,14H,5-8H2,1-4H3;/q-1;;/b;12-9-;. The number of aliphatic hydroxyl groups is 1. The first kappa shape index (κ1) is 39.8. The van der Waals surface area contributed by atoms with Crippen molar-refractivity contribution in [1.29, 1.82) is 0 Å². The van der Waals surface area contributed by atoms with Gasteiger partial charge in [-0.1, -0.05) is 91.5 Å². The number of fused-ring (bicyclic) bond motifs is 2. The third-order valence-electron chi connectivity index (χ3n) is 8.94. The quantitative estimate of drug-likeness (QED) is 0.0810. The molecule has 0 amide bonds. The van der Waals surface area contributed by atoms with Crippen LogP contribution in [0.2, 0.25) is 0 Å². The number of aromatic nitrogens is 3. The summed E-state index contributed by atoms with van der Waals surface area (Å²) in [4.78, 5) is 25.5. The summed E-state index contributed by atoms with van der Waals surface area (Å²) in [5, 5.41) is 13.1. The zero-order valence-electron chi connectivity index (χ0n) is 30.6. The van der Waals surface area contributed by atoms with Gasteiger partial charge in [0.25, 0.3) is 0 Å². The minimum Gasteiger partial charge on any atom is -0.512 e. The SMILES string of the molecule is CC(C)Cc1cc2ccnc(-c3cc(-c4[c-]c5ccccc5c(C(C)(C)C)c4)ncn3)c2o1.CCC(CC)C(=O)/C=C(\O)C(CC)CC.[Ir]. The van der Waals surface area contributed by atoms with Crippen LogP contribution in [0.25, 0.3) is 44.4 Å². The van der Waals surface area contributed by atoms with E-state index in [1.807, 2.05) is 46.0 Å². The summed E-state index contributed by atoms with van der Waals surface area (Å²) in [6, 6.07) is 20.3. The van der Waals surface area contributed by atoms with Gasteiger partial charge in [0.05, 0.1) is 11.5 Å². The van der Waals surface area contributed by atoms with Gasteiger partial charge >= 0.3 is 0 Å². The summed E-state index contributed by atoms with van der Waals surface area (Å²) in [6.45, 7) is 19.2. The number of aliphatic hydroxyl groups excluding tert-OH is 1. The molecule has 0 aliphatic rings. The number of benzene rings is 2. The predicted molar refractivity (Wildman–Crippen MR) is 198 cm³/mol. The first-order chi connectivity index (χ1) is 22.9. The monoisotopic (exact) mass is 839 g/mol. The molecule has 0 bridgehead atoms. The van der Waals surface area contributed by atoms with Crippen LogP contribution < -0.4 is 0 Å². The van der Waals surface area contributed by atoms with E-state index in [1.54, 1.807) is 6.33 Å². The Bertz CT molecular complexity index is 1860. The molecule has 7 heteroatoms. The van der Waals surface area contributed by atoms with E-state index in [9.17, 15) is 9.90 Å². The van der Waals surface area contributed by atoms with Crippen LogP contribution in [0, 0.1) is 23.8 Å². The van der Waals surface area contributed by atoms with E-state index in [0.29, 0.717) is 5.92 Å². The second-order valence-corrected chi connectivity index (χ2v) is 14.1. The number of allylic oxidation sites excluding steroid dienone is 2. The number of rotatable bonds is 11. The largest absolute Gasteiger partial charge is 0.512 e. The van der Waals surface area contributed by atoms with Gasteiger partial charge in [-0.15, -0.1) is 29.1 Å². The second kappa shape index (κ2) is 17.8. The van der Waals surface area contributed by atoms with E-state index in [2.05, 4.69) is 92.0 Å². The van der Waals surface area contributed by atoms with Gasteiger partial charge in [0.15, 0.2) is 11.4 Å². The minimum absolute atomic E-state index is 0. The Balaban J connectivity index is 0.000000347. The number of carbonyl (C=O) groups is 1. The van der Waals surface area contributed by atoms with Crippen molar-refractivity contribution in [3.63, 3.8) is 0 Å². The van der Waals surface area contributed by atoms with Gasteiger partial charge in [0.2, 0.25) is 0 Å². The molecule has 0 atom stereocenters. The Labute approximate surface area is 306 Å². The maximum absolute atomic E-state index is 11.7. The van der Waals surface area contributed by atoms with E-state index in [1.165, 1.54) is 17.0 Å². The maximum Gasteiger partial charge on any atom is 0.162 e. The number of pyridine rings is 1. The van der Waals surface area contributed by atoms with Crippen molar-refractivity contribution in [2.24, 2.45) is 17.8 Å². The summed E-state index contributed by atoms with van der Waals surface area (Å²) in [6.07, 6.45) is 9.21. The Morgan fingerprint density at radius 1 is 0.898 bits per heavy atom. The van der Waals surface area contributed by atoms with Crippen molar-refractivity contribution < 1.29 is 34.4 Å². The normalized spacial score (nSPS) is 12.0. The van der Waals surface area contributed by atoms with Crippen molar-refractivity contribution in [2.75, 3.05) is 0 Å². The molecule has 1 N–H and O–H groups in total. The van der Waals surface area contributed by atoms with Crippen LogP contribution in [-0.2, 0) is 36.7 Å². The Morgan fingerprint density at radius 2 is 1.55 bits per heavy atom. The number of hydrogen-bond donors (Lipinski definition) is 1. The van der Waals surface area contributed by atoms with E-state index >= 15 is 0 Å². The van der Waals surface area contributed by atoms with Crippen LogP contribution in [0.3, 0.4) is 0 Å². The van der Waals surface area contributed by atoms with Crippen molar-refractivity contribution in [2.45, 2.75) is 99.8 Å². The predicted octanol–water partition coefficient (Wildman–Crippen LogP) is 11.3. The molecule has 0 saturated heterocycles. The van der Waals surface area contributed by atoms with E-state index in [-0.39, 0.29) is 48.9 Å². The molecule has 2 aromatic carbocycles. The minimum atomic E-state index is -0.00650. The van der Waals surface area contributed by atoms with Crippen LogP contribution in [0.5, 0.6) is 0 Å². The van der Waals surface area contributed by atoms with Gasteiger partial charge < -0.3 is 9.52 Å². The number of nitrogens with zero attached hydrogens (tertiary/aromatic N) is 3. The number of carbonyl (C=O) groups excluding carboxylic acids is 1. The molecule has 5 aromatic rings. The molecule has 5 rings (SSSR count). The zero-order chi connectivity index (χ0) is 35.0. The van der Waals surface area contributed by atoms with Crippen LogP contribution in [-0.4, -0.2) is 25.8 Å². The average molecular weight is 839 g/mol. The maximum atomic E-state index is 11.7. The van der Waals surface area contributed by atoms with Crippen molar-refractivity contribution in [1.82, 2.24) is 15.0 Å². The molecular formula is C42H52IrN3O3-. The molecule has 6 nitrogen and oxygen atoms in total. The van der Waals surface area contributed by atoms with E-state index in [0.717, 1.165) is 76.9 Å². The summed E-state index contributed by atoms with van der Waals surface area (Å²) in [5.74, 6) is 2.04. The van der Waals surface area contributed by atoms with Gasteiger partial charge in [-0.05, 0) is 55.2 Å². The fourth-order valence-corrected chi connectivity index (χ4v) is 6.11. The van der Waals surface area contributed by atoms with Crippen molar-refractivity contribution >= 4 is 27.5 Å². The topological polar surface area (TPSA) is 89.1 Å². The van der Waals surface area contributed by atoms with E-state index in [4.69, 9.17) is 4.42 Å². The average Bonchev–Trinajstić information content (AvgIpc) is 3.47. The molecule has 263 valence electrons. The molecule has 0 spiro atoms. The molecule has 1 radical (unpaired) electrons. The molecule has 0 aliphatic heterocycles. The van der Waals surface area contributed by atoms with Crippen LogP contribution in [0.4, 0.5) is 0 Å². The first-order valence-electron chi connectivity index (χ1n) is 17.5. The zero-order valence-corrected chi connectivity index (χ0v) is 33.0. The summed E-state index contributed by atoms with van der Waals surface area (Å²) >= 11 is 0. The van der Waals surface area contributed by atoms with Gasteiger partial charge in [0, 0.05) is 61.7 Å². The molecule has 0 fully saturated rings. The van der Waals surface area contributed by atoms with Crippen LogP contribution in [0.1, 0.15) is 99.3 Å². The number of furan rings is 1. The Kier molecular flexibility index (Phi) is 14.5. The third kappa shape index (κ3) is 9.95. The number of hydrogen-bond acceptors (Lipinski definition) is 6. The molecule has 0 aliphatic carbocycles. The van der Waals surface area contributed by atoms with Gasteiger partial charge in [-0.3, -0.25) is 14.8 Å². The smallest absolute Gasteiger partial charge is 0.162 e. The van der Waals surface area contributed by atoms with Crippen LogP contribution in [0.15, 0.2) is 77.3 Å². The molecule has 49 heavy (non-hydrogen) atoms. The fraction of sp³-hybridized carbons (Fsp3) is 0.429. The summed E-state index contributed by atoms with van der Waals surface area (Å²) < 4.78 is 6.20. The van der Waals surface area contributed by atoms with Gasteiger partial charge in [-0.25, -0.2) is 4.98 Å². The molecule has 3 aromatic heterocycles. The summed E-state index contributed by atoms with van der Waals surface area (Å²) in [7, 11) is 0. The molecule has 0 unspecified atom stereocenters. The third-order valence-corrected chi connectivity index (χ3v) is 8.94. The second-order valence-electron chi connectivity index (χ2n) is 14.1. The van der Waals surface area contributed by atoms with Crippen molar-refractivity contribution in [3.8, 4) is 22.6 Å². The molecule has 0 saturated carbocycles. The van der Waals surface area contributed by atoms with Gasteiger partial charge in [-0.2, -0.15) is 0 Å². The van der Waals surface area contributed by atoms with Crippen LogP contribution >= 0.6 is 0 Å². The molecular weight excluding hydrogens is 787 g/mol. The Morgan fingerprint density at radius 3 is 2.18 bits per heavy atom. The Hall–Kier alpha value is -3.67. The number of ketones is 1. The fourth-order valence-electron chi connectivity index (χ4n) is 6.11. The summed E-state index contributed by atoms with van der Waals surface area (Å²) in [5.41, 5.74) is 5.30. The van der Waals surface area contributed by atoms with Gasteiger partial charge in [0.1, 0.15) is 17.8 Å². The van der Waals surface area contributed by atoms with E-state index < -0.39 is 0 Å². The molecule has 3 heterocycles. The van der Waals surface area contributed by atoms with Crippen molar-refractivity contribution in [3.05, 3.63) is 90.3 Å². The first-order valence-corrected chi connectivity index (χ1v) is 17.5.